The third-order valence-electron chi connectivity index (χ3n) is 3.08. The topological polar surface area (TPSA) is 43.4 Å². The Balaban J connectivity index is 1.88. The van der Waals surface area contributed by atoms with Gasteiger partial charge in [0.2, 0.25) is 0 Å². The summed E-state index contributed by atoms with van der Waals surface area (Å²) in [6.07, 6.45) is 1.11. The predicted octanol–water partition coefficient (Wildman–Crippen LogP) is 1.48. The maximum atomic E-state index is 4.55. The van der Waals surface area contributed by atoms with Crippen LogP contribution >= 0.6 is 0 Å². The number of hydrogen-bond acceptors (Lipinski definition) is 5. The van der Waals surface area contributed by atoms with Crippen LogP contribution in [0.25, 0.3) is 0 Å². The number of rotatable bonds is 5. The van der Waals surface area contributed by atoms with Gasteiger partial charge in [0, 0.05) is 32.7 Å². The molecule has 1 aliphatic heterocycles. The van der Waals surface area contributed by atoms with Crippen LogP contribution in [0, 0.1) is 0 Å². The third-order valence-corrected chi connectivity index (χ3v) is 3.08. The lowest BCUT2D eigenvalue weighted by Crippen LogP contribution is -2.47. The molecule has 1 saturated heterocycles. The van der Waals surface area contributed by atoms with Crippen LogP contribution in [0.3, 0.4) is 0 Å². The Morgan fingerprint density at radius 3 is 2.61 bits per heavy atom. The lowest BCUT2D eigenvalue weighted by molar-refractivity contribution is 0.178. The van der Waals surface area contributed by atoms with Crippen molar-refractivity contribution in [3.8, 4) is 0 Å². The van der Waals surface area contributed by atoms with Gasteiger partial charge in [-0.05, 0) is 25.6 Å². The van der Waals surface area contributed by atoms with E-state index >= 15 is 0 Å². The summed E-state index contributed by atoms with van der Waals surface area (Å²) in [7, 11) is 2.16. The average molecular weight is 249 g/mol. The van der Waals surface area contributed by atoms with Gasteiger partial charge in [-0.1, -0.05) is 13.0 Å². The van der Waals surface area contributed by atoms with E-state index in [-0.39, 0.29) is 0 Å². The second kappa shape index (κ2) is 6.56. The molecule has 0 aromatic carbocycles. The Morgan fingerprint density at radius 1 is 1.17 bits per heavy atom. The lowest BCUT2D eigenvalue weighted by atomic mass is 10.4. The number of hydrogen-bond donors (Lipinski definition) is 2. The van der Waals surface area contributed by atoms with E-state index in [1.807, 2.05) is 18.2 Å². The number of piperazine rings is 1. The molecule has 0 amide bonds. The number of nitrogens with one attached hydrogen (secondary N) is 2. The molecule has 18 heavy (non-hydrogen) atoms. The van der Waals surface area contributed by atoms with Crippen LogP contribution in [0.4, 0.5) is 11.6 Å². The zero-order valence-corrected chi connectivity index (χ0v) is 11.3. The molecule has 100 valence electrons. The standard InChI is InChI=1S/C13H23N5/c1-3-7-14-12-5-4-6-13(15-12)16-18-10-8-17(2)9-11-18/h4-6H,3,7-11H2,1-2H3,(H2,14,15,16). The van der Waals surface area contributed by atoms with Gasteiger partial charge >= 0.3 is 0 Å². The highest BCUT2D eigenvalue weighted by Crippen LogP contribution is 2.11. The largest absolute Gasteiger partial charge is 0.370 e. The van der Waals surface area contributed by atoms with Gasteiger partial charge in [0.1, 0.15) is 11.6 Å². The fraction of sp³-hybridized carbons (Fsp3) is 0.615. The van der Waals surface area contributed by atoms with Gasteiger partial charge in [0.15, 0.2) is 0 Å². The Labute approximate surface area is 109 Å². The van der Waals surface area contributed by atoms with E-state index in [4.69, 9.17) is 0 Å². The summed E-state index contributed by atoms with van der Waals surface area (Å²) in [4.78, 5) is 6.88. The molecule has 0 unspecified atom stereocenters. The molecular weight excluding hydrogens is 226 g/mol. The Hall–Kier alpha value is -1.33. The summed E-state index contributed by atoms with van der Waals surface area (Å²) in [5.74, 6) is 1.86. The third kappa shape index (κ3) is 3.85. The van der Waals surface area contributed by atoms with Crippen LogP contribution in [0.5, 0.6) is 0 Å². The molecule has 1 aliphatic rings. The van der Waals surface area contributed by atoms with Crippen molar-refractivity contribution in [2.45, 2.75) is 13.3 Å². The van der Waals surface area contributed by atoms with E-state index in [2.05, 4.69) is 39.6 Å². The first-order chi connectivity index (χ1) is 8.78. The Kier molecular flexibility index (Phi) is 4.78. The number of hydrazine groups is 1. The summed E-state index contributed by atoms with van der Waals surface area (Å²) < 4.78 is 0. The van der Waals surface area contributed by atoms with Crippen LogP contribution in [-0.4, -0.2) is 54.7 Å². The molecule has 0 radical (unpaired) electrons. The molecule has 0 bridgehead atoms. The number of anilines is 2. The zero-order valence-electron chi connectivity index (χ0n) is 11.3. The fourth-order valence-corrected chi connectivity index (χ4v) is 1.93. The van der Waals surface area contributed by atoms with Gasteiger partial charge in [-0.2, -0.15) is 0 Å². The van der Waals surface area contributed by atoms with Crippen molar-refractivity contribution in [1.29, 1.82) is 0 Å². The van der Waals surface area contributed by atoms with Crippen LogP contribution in [0.15, 0.2) is 18.2 Å². The minimum Gasteiger partial charge on any atom is -0.370 e. The molecule has 1 aromatic rings. The van der Waals surface area contributed by atoms with Crippen molar-refractivity contribution in [3.05, 3.63) is 18.2 Å². The molecule has 1 fully saturated rings. The number of aromatic nitrogens is 1. The number of pyridine rings is 1. The molecule has 0 spiro atoms. The molecular formula is C13H23N5. The quantitative estimate of drug-likeness (QED) is 0.827. The average Bonchev–Trinajstić information content (AvgIpc) is 2.40. The molecule has 5 heteroatoms. The second-order valence-corrected chi connectivity index (χ2v) is 4.74. The van der Waals surface area contributed by atoms with Gasteiger partial charge in [-0.25, -0.2) is 9.99 Å². The molecule has 1 aromatic heterocycles. The Bertz CT molecular complexity index is 360. The SMILES string of the molecule is CCCNc1cccc(NN2CCN(C)CC2)n1. The molecule has 0 atom stereocenters. The van der Waals surface area contributed by atoms with E-state index < -0.39 is 0 Å². The first kappa shape index (κ1) is 13.1. The maximum absolute atomic E-state index is 4.55. The van der Waals surface area contributed by atoms with Crippen molar-refractivity contribution >= 4 is 11.6 Å². The highest BCUT2D eigenvalue weighted by molar-refractivity contribution is 5.44. The first-order valence-corrected chi connectivity index (χ1v) is 6.69. The Morgan fingerprint density at radius 2 is 1.89 bits per heavy atom. The molecule has 0 saturated carbocycles. The van der Waals surface area contributed by atoms with Crippen LogP contribution < -0.4 is 10.7 Å². The van der Waals surface area contributed by atoms with Gasteiger partial charge < -0.3 is 15.6 Å². The summed E-state index contributed by atoms with van der Waals surface area (Å²) in [5.41, 5.74) is 3.37. The van der Waals surface area contributed by atoms with Gasteiger partial charge in [-0.3, -0.25) is 0 Å². The summed E-state index contributed by atoms with van der Waals surface area (Å²) in [6.45, 7) is 7.38. The smallest absolute Gasteiger partial charge is 0.142 e. The summed E-state index contributed by atoms with van der Waals surface area (Å²) in [5, 5.41) is 5.53. The summed E-state index contributed by atoms with van der Waals surface area (Å²) in [6, 6.07) is 6.05. The predicted molar refractivity (Wildman–Crippen MR) is 75.7 cm³/mol. The molecule has 0 aliphatic carbocycles. The minimum atomic E-state index is 0.917. The fourth-order valence-electron chi connectivity index (χ4n) is 1.93. The zero-order chi connectivity index (χ0) is 12.8. The van der Waals surface area contributed by atoms with Crippen molar-refractivity contribution in [3.63, 3.8) is 0 Å². The molecule has 2 N–H and O–H groups in total. The molecule has 5 nitrogen and oxygen atoms in total. The van der Waals surface area contributed by atoms with Crippen molar-refractivity contribution in [1.82, 2.24) is 14.9 Å². The number of nitrogens with zero attached hydrogens (tertiary/aromatic N) is 3. The highest BCUT2D eigenvalue weighted by atomic mass is 15.5. The van der Waals surface area contributed by atoms with Gasteiger partial charge in [0.05, 0.1) is 0 Å². The van der Waals surface area contributed by atoms with Gasteiger partial charge in [-0.15, -0.1) is 0 Å². The van der Waals surface area contributed by atoms with E-state index in [0.29, 0.717) is 0 Å². The van der Waals surface area contributed by atoms with E-state index in [0.717, 1.165) is 50.8 Å². The van der Waals surface area contributed by atoms with Crippen molar-refractivity contribution < 1.29 is 0 Å². The normalized spacial score (nSPS) is 17.7. The number of likely N-dealkylation sites (N-methyl/N-ethyl adjacent to an activating group) is 1. The molecule has 2 heterocycles. The van der Waals surface area contributed by atoms with Gasteiger partial charge in [0.25, 0.3) is 0 Å². The maximum Gasteiger partial charge on any atom is 0.142 e. The second-order valence-electron chi connectivity index (χ2n) is 4.74. The van der Waals surface area contributed by atoms with E-state index in [9.17, 15) is 0 Å². The summed E-state index contributed by atoms with van der Waals surface area (Å²) >= 11 is 0. The lowest BCUT2D eigenvalue weighted by Gasteiger charge is -2.32. The van der Waals surface area contributed by atoms with Crippen LogP contribution in [-0.2, 0) is 0 Å². The van der Waals surface area contributed by atoms with E-state index in [1.165, 1.54) is 0 Å². The van der Waals surface area contributed by atoms with E-state index in [1.54, 1.807) is 0 Å². The first-order valence-electron chi connectivity index (χ1n) is 6.69. The van der Waals surface area contributed by atoms with Crippen LogP contribution in [0.2, 0.25) is 0 Å². The van der Waals surface area contributed by atoms with Crippen LogP contribution in [0.1, 0.15) is 13.3 Å². The monoisotopic (exact) mass is 249 g/mol. The minimum absolute atomic E-state index is 0.917. The van der Waals surface area contributed by atoms with Crippen molar-refractivity contribution in [2.75, 3.05) is 50.5 Å². The highest BCUT2D eigenvalue weighted by Gasteiger charge is 2.13. The van der Waals surface area contributed by atoms with Crippen molar-refractivity contribution in [2.24, 2.45) is 0 Å². The molecule has 2 rings (SSSR count).